The maximum Gasteiger partial charge on any atom is 0.261 e. The summed E-state index contributed by atoms with van der Waals surface area (Å²) < 4.78 is 33.2. The molecule has 0 aliphatic heterocycles. The second-order valence-electron chi connectivity index (χ2n) is 6.23. The van der Waals surface area contributed by atoms with Gasteiger partial charge in [0, 0.05) is 5.69 Å². The summed E-state index contributed by atoms with van der Waals surface area (Å²) in [6.45, 7) is 6.34. The van der Waals surface area contributed by atoms with E-state index in [1.165, 1.54) is 19.2 Å². The fourth-order valence-corrected chi connectivity index (χ4v) is 3.84. The van der Waals surface area contributed by atoms with E-state index in [1.807, 2.05) is 12.1 Å². The number of ether oxygens (including phenoxy) is 1. The molecular formula is C17H20BrNO3S. The first-order valence-electron chi connectivity index (χ1n) is 7.10. The molecule has 2 aromatic rings. The predicted molar refractivity (Wildman–Crippen MR) is 96.6 cm³/mol. The van der Waals surface area contributed by atoms with Crippen LogP contribution >= 0.6 is 15.9 Å². The summed E-state index contributed by atoms with van der Waals surface area (Å²) in [5, 5.41) is 0. The zero-order valence-corrected chi connectivity index (χ0v) is 16.0. The Morgan fingerprint density at radius 1 is 1.04 bits per heavy atom. The molecule has 0 amide bonds. The largest absolute Gasteiger partial charge is 0.496 e. The Balaban J connectivity index is 2.26. The lowest BCUT2D eigenvalue weighted by Crippen LogP contribution is -2.14. The highest BCUT2D eigenvalue weighted by Gasteiger charge is 2.17. The fourth-order valence-electron chi connectivity index (χ4n) is 2.07. The van der Waals surface area contributed by atoms with Gasteiger partial charge >= 0.3 is 0 Å². The van der Waals surface area contributed by atoms with Crippen molar-refractivity contribution < 1.29 is 13.2 Å². The van der Waals surface area contributed by atoms with Crippen LogP contribution in [-0.2, 0) is 15.4 Å². The third-order valence-corrected chi connectivity index (χ3v) is 5.44. The fraction of sp³-hybridized carbons (Fsp3) is 0.294. The zero-order valence-electron chi connectivity index (χ0n) is 13.6. The molecule has 0 unspecified atom stereocenters. The quantitative estimate of drug-likeness (QED) is 0.822. The number of halogens is 1. The van der Waals surface area contributed by atoms with Crippen LogP contribution in [0.2, 0.25) is 0 Å². The average Bonchev–Trinajstić information content (AvgIpc) is 2.46. The van der Waals surface area contributed by atoms with Crippen LogP contribution in [0.3, 0.4) is 0 Å². The van der Waals surface area contributed by atoms with Crippen LogP contribution in [0.1, 0.15) is 26.3 Å². The van der Waals surface area contributed by atoms with E-state index in [0.717, 1.165) is 5.56 Å². The molecule has 4 nitrogen and oxygen atoms in total. The highest BCUT2D eigenvalue weighted by atomic mass is 79.9. The minimum Gasteiger partial charge on any atom is -0.496 e. The van der Waals surface area contributed by atoms with Gasteiger partial charge in [0.2, 0.25) is 0 Å². The van der Waals surface area contributed by atoms with Crippen LogP contribution < -0.4 is 9.46 Å². The van der Waals surface area contributed by atoms with E-state index < -0.39 is 10.0 Å². The Bertz CT molecular complexity index is 794. The third-order valence-electron chi connectivity index (χ3n) is 3.44. The molecule has 6 heteroatoms. The SMILES string of the molecule is COc1ccc(S(=O)(=O)Nc2ccc(C(C)(C)C)cc2)cc1Br. The van der Waals surface area contributed by atoms with Crippen molar-refractivity contribution >= 4 is 31.6 Å². The lowest BCUT2D eigenvalue weighted by molar-refractivity contribution is 0.411. The number of nitrogens with one attached hydrogen (secondary N) is 1. The van der Waals surface area contributed by atoms with Gasteiger partial charge in [-0.3, -0.25) is 4.72 Å². The maximum absolute atomic E-state index is 12.5. The summed E-state index contributed by atoms with van der Waals surface area (Å²) in [6.07, 6.45) is 0. The molecule has 0 radical (unpaired) electrons. The standard InChI is InChI=1S/C17H20BrNO3S/c1-17(2,3)12-5-7-13(8-6-12)19-23(20,21)14-9-10-16(22-4)15(18)11-14/h5-11,19H,1-4H3. The molecule has 0 aliphatic rings. The average molecular weight is 398 g/mol. The summed E-state index contributed by atoms with van der Waals surface area (Å²) in [5.74, 6) is 0.582. The molecule has 0 heterocycles. The van der Waals surface area contributed by atoms with E-state index in [9.17, 15) is 8.42 Å². The number of sulfonamides is 1. The minimum absolute atomic E-state index is 0.0260. The Labute approximate surface area is 146 Å². The van der Waals surface area contributed by atoms with Gasteiger partial charge in [0.1, 0.15) is 5.75 Å². The normalized spacial score (nSPS) is 12.0. The first kappa shape index (κ1) is 17.8. The smallest absolute Gasteiger partial charge is 0.261 e. The summed E-state index contributed by atoms with van der Waals surface area (Å²) in [6, 6.07) is 12.1. The molecule has 1 N–H and O–H groups in total. The minimum atomic E-state index is -3.64. The third kappa shape index (κ3) is 4.26. The van der Waals surface area contributed by atoms with Gasteiger partial charge in [-0.25, -0.2) is 8.42 Å². The molecule has 2 aromatic carbocycles. The van der Waals surface area contributed by atoms with Crippen molar-refractivity contribution in [3.05, 3.63) is 52.5 Å². The van der Waals surface area contributed by atoms with Crippen molar-refractivity contribution in [2.45, 2.75) is 31.1 Å². The Morgan fingerprint density at radius 2 is 1.65 bits per heavy atom. The van der Waals surface area contributed by atoms with Crippen LogP contribution in [0, 0.1) is 0 Å². The molecule has 0 aliphatic carbocycles. The van der Waals surface area contributed by atoms with Crippen molar-refractivity contribution in [2.24, 2.45) is 0 Å². The predicted octanol–water partition coefficient (Wildman–Crippen LogP) is 4.56. The lowest BCUT2D eigenvalue weighted by atomic mass is 9.87. The highest BCUT2D eigenvalue weighted by Crippen LogP contribution is 2.29. The van der Waals surface area contributed by atoms with E-state index >= 15 is 0 Å². The van der Waals surface area contributed by atoms with Gasteiger partial charge in [0.15, 0.2) is 0 Å². The Morgan fingerprint density at radius 3 is 2.13 bits per heavy atom. The first-order valence-corrected chi connectivity index (χ1v) is 9.38. The van der Waals surface area contributed by atoms with E-state index in [0.29, 0.717) is 15.9 Å². The van der Waals surface area contributed by atoms with Gasteiger partial charge in [0.25, 0.3) is 10.0 Å². The topological polar surface area (TPSA) is 55.4 Å². The van der Waals surface area contributed by atoms with E-state index in [4.69, 9.17) is 4.74 Å². The molecular weight excluding hydrogens is 378 g/mol. The van der Waals surface area contributed by atoms with Crippen LogP contribution in [0.15, 0.2) is 51.8 Å². The van der Waals surface area contributed by atoms with Crippen LogP contribution in [0.5, 0.6) is 5.75 Å². The maximum atomic E-state index is 12.5. The molecule has 2 rings (SSSR count). The van der Waals surface area contributed by atoms with Crippen LogP contribution in [0.4, 0.5) is 5.69 Å². The monoisotopic (exact) mass is 397 g/mol. The van der Waals surface area contributed by atoms with Gasteiger partial charge in [-0.15, -0.1) is 0 Å². The second-order valence-corrected chi connectivity index (χ2v) is 8.77. The van der Waals surface area contributed by atoms with Crippen molar-refractivity contribution in [2.75, 3.05) is 11.8 Å². The number of hydrogen-bond acceptors (Lipinski definition) is 3. The Hall–Kier alpha value is -1.53. The van der Waals surface area contributed by atoms with E-state index in [1.54, 1.807) is 18.2 Å². The van der Waals surface area contributed by atoms with E-state index in [-0.39, 0.29) is 10.3 Å². The molecule has 0 saturated carbocycles. The van der Waals surface area contributed by atoms with Gasteiger partial charge in [0.05, 0.1) is 16.5 Å². The number of methoxy groups -OCH3 is 1. The number of anilines is 1. The van der Waals surface area contributed by atoms with Crippen LogP contribution in [-0.4, -0.2) is 15.5 Å². The molecule has 0 saturated heterocycles. The zero-order chi connectivity index (χ0) is 17.3. The Kier molecular flexibility index (Phi) is 5.06. The summed E-state index contributed by atoms with van der Waals surface area (Å²) >= 11 is 3.30. The van der Waals surface area contributed by atoms with Crippen molar-refractivity contribution in [1.29, 1.82) is 0 Å². The first-order chi connectivity index (χ1) is 10.6. The molecule has 0 atom stereocenters. The molecule has 0 spiro atoms. The van der Waals surface area contributed by atoms with Crippen molar-refractivity contribution in [3.8, 4) is 5.75 Å². The molecule has 0 aromatic heterocycles. The summed E-state index contributed by atoms with van der Waals surface area (Å²) in [5.41, 5.74) is 1.70. The molecule has 23 heavy (non-hydrogen) atoms. The highest BCUT2D eigenvalue weighted by molar-refractivity contribution is 9.10. The summed E-state index contributed by atoms with van der Waals surface area (Å²) in [4.78, 5) is 0.171. The van der Waals surface area contributed by atoms with Crippen LogP contribution in [0.25, 0.3) is 0 Å². The molecule has 124 valence electrons. The summed E-state index contributed by atoms with van der Waals surface area (Å²) in [7, 11) is -2.11. The molecule has 0 bridgehead atoms. The van der Waals surface area contributed by atoms with Crippen molar-refractivity contribution in [3.63, 3.8) is 0 Å². The molecule has 0 fully saturated rings. The van der Waals surface area contributed by atoms with Gasteiger partial charge in [-0.05, 0) is 57.2 Å². The van der Waals surface area contributed by atoms with E-state index in [2.05, 4.69) is 41.4 Å². The van der Waals surface area contributed by atoms with Gasteiger partial charge < -0.3 is 4.74 Å². The lowest BCUT2D eigenvalue weighted by Gasteiger charge is -2.19. The number of benzene rings is 2. The van der Waals surface area contributed by atoms with Crippen molar-refractivity contribution in [1.82, 2.24) is 0 Å². The number of rotatable bonds is 4. The number of hydrogen-bond donors (Lipinski definition) is 1. The second kappa shape index (κ2) is 6.53. The van der Waals surface area contributed by atoms with Gasteiger partial charge in [-0.2, -0.15) is 0 Å². The van der Waals surface area contributed by atoms with Gasteiger partial charge in [-0.1, -0.05) is 32.9 Å².